The molecule has 0 amide bonds. The number of imidazole rings is 1. The van der Waals surface area contributed by atoms with Crippen molar-refractivity contribution in [1.29, 1.82) is 0 Å². The van der Waals surface area contributed by atoms with Gasteiger partial charge in [0.1, 0.15) is 28.8 Å². The lowest BCUT2D eigenvalue weighted by Crippen LogP contribution is -2.32. The van der Waals surface area contributed by atoms with E-state index in [0.717, 1.165) is 0 Å². The first-order valence-corrected chi connectivity index (χ1v) is 7.91. The zero-order chi connectivity index (χ0) is 18.6. The Bertz CT molecular complexity index is 1150. The second kappa shape index (κ2) is 5.46. The molecule has 0 saturated carbocycles. The minimum Gasteiger partial charge on any atom is -0.618 e. The van der Waals surface area contributed by atoms with Crippen molar-refractivity contribution >= 4 is 16.6 Å². The van der Waals surface area contributed by atoms with E-state index < -0.39 is 11.4 Å². The first kappa shape index (κ1) is 16.4. The van der Waals surface area contributed by atoms with Crippen molar-refractivity contribution < 1.29 is 18.4 Å². The van der Waals surface area contributed by atoms with Gasteiger partial charge in [0.05, 0.1) is 0 Å². The summed E-state index contributed by atoms with van der Waals surface area (Å²) in [5.41, 5.74) is 1.26. The number of methoxy groups -OCH3 is 1. The molecule has 0 aliphatic rings. The molecule has 0 atom stereocenters. The first-order valence-electron chi connectivity index (χ1n) is 7.91. The number of halogens is 1. The second-order valence-corrected chi connectivity index (χ2v) is 6.46. The van der Waals surface area contributed by atoms with Crippen LogP contribution in [0.2, 0.25) is 0 Å². The lowest BCUT2D eigenvalue weighted by atomic mass is 10.1. The van der Waals surface area contributed by atoms with Crippen LogP contribution < -0.4 is 4.73 Å². The zero-order valence-electron chi connectivity index (χ0n) is 14.6. The van der Waals surface area contributed by atoms with Gasteiger partial charge in [-0.2, -0.15) is 9.71 Å². The van der Waals surface area contributed by atoms with E-state index in [9.17, 15) is 9.60 Å². The average Bonchev–Trinajstić information content (AvgIpc) is 3.26. The summed E-state index contributed by atoms with van der Waals surface area (Å²) in [6.45, 7) is 5.26. The summed E-state index contributed by atoms with van der Waals surface area (Å²) in [5.74, 6) is 0.0633. The number of rotatable bonds is 3. The number of aromatic nitrogens is 5. The van der Waals surface area contributed by atoms with Crippen molar-refractivity contribution in [1.82, 2.24) is 19.5 Å². The number of nitrogens with zero attached hydrogens (tertiary/aromatic N) is 5. The minimum absolute atomic E-state index is 0.178. The van der Waals surface area contributed by atoms with Crippen molar-refractivity contribution in [2.24, 2.45) is 0 Å². The Hall–Kier alpha value is -3.07. The van der Waals surface area contributed by atoms with Gasteiger partial charge < -0.3 is 14.5 Å². The van der Waals surface area contributed by atoms with Crippen LogP contribution in [0.25, 0.3) is 28.1 Å². The van der Waals surface area contributed by atoms with Gasteiger partial charge >= 0.3 is 0 Å². The van der Waals surface area contributed by atoms with Gasteiger partial charge in [0, 0.05) is 20.1 Å². The summed E-state index contributed by atoms with van der Waals surface area (Å²) in [6.07, 6.45) is 1.54. The van der Waals surface area contributed by atoms with Gasteiger partial charge in [-0.3, -0.25) is 4.40 Å². The zero-order valence-corrected chi connectivity index (χ0v) is 14.6. The highest BCUT2D eigenvalue weighted by Crippen LogP contribution is 2.28. The van der Waals surface area contributed by atoms with E-state index in [0.29, 0.717) is 33.0 Å². The largest absolute Gasteiger partial charge is 0.618 e. The number of hydrogen-bond acceptors (Lipinski definition) is 6. The number of fused-ring (bicyclic) bond motifs is 3. The Morgan fingerprint density at radius 2 is 2.12 bits per heavy atom. The molecule has 8 nitrogen and oxygen atoms in total. The van der Waals surface area contributed by atoms with Crippen molar-refractivity contribution in [2.45, 2.75) is 26.4 Å². The van der Waals surface area contributed by atoms with Gasteiger partial charge in [0.2, 0.25) is 17.0 Å². The van der Waals surface area contributed by atoms with Crippen molar-refractivity contribution in [3.63, 3.8) is 0 Å². The fraction of sp³-hybridized carbons (Fsp3) is 0.294. The van der Waals surface area contributed by atoms with Gasteiger partial charge in [-0.25, -0.2) is 9.37 Å². The molecule has 0 spiro atoms. The normalized spacial score (nSPS) is 12.3. The lowest BCUT2D eigenvalue weighted by Gasteiger charge is -2.17. The highest BCUT2D eigenvalue weighted by atomic mass is 19.1. The van der Waals surface area contributed by atoms with E-state index >= 15 is 0 Å². The number of benzene rings is 1. The quantitative estimate of drug-likeness (QED) is 0.413. The highest BCUT2D eigenvalue weighted by Gasteiger charge is 2.29. The molecule has 0 bridgehead atoms. The van der Waals surface area contributed by atoms with Crippen LogP contribution in [-0.2, 0) is 10.3 Å². The number of aryl methyl sites for hydroxylation is 1. The third-order valence-corrected chi connectivity index (χ3v) is 4.51. The molecule has 26 heavy (non-hydrogen) atoms. The van der Waals surface area contributed by atoms with Gasteiger partial charge in [-0.1, -0.05) is 5.16 Å². The smallest absolute Gasteiger partial charge is 0.279 e. The topological polar surface area (TPSA) is 92.4 Å². The van der Waals surface area contributed by atoms with E-state index in [1.807, 2.05) is 13.8 Å². The fourth-order valence-corrected chi connectivity index (χ4v) is 2.83. The molecule has 3 heterocycles. The predicted molar refractivity (Wildman–Crippen MR) is 89.7 cm³/mol. The van der Waals surface area contributed by atoms with Crippen molar-refractivity contribution in [3.05, 3.63) is 47.1 Å². The molecular weight excluding hydrogens is 341 g/mol. The van der Waals surface area contributed by atoms with Crippen molar-refractivity contribution in [2.75, 3.05) is 7.11 Å². The van der Waals surface area contributed by atoms with Crippen LogP contribution in [0.5, 0.6) is 0 Å². The molecule has 0 saturated heterocycles. The van der Waals surface area contributed by atoms with Gasteiger partial charge in [-0.05, 0) is 26.0 Å². The third kappa shape index (κ3) is 2.24. The maximum absolute atomic E-state index is 13.5. The molecule has 0 radical (unpaired) electrons. The summed E-state index contributed by atoms with van der Waals surface area (Å²) in [7, 11) is 1.55. The van der Waals surface area contributed by atoms with Crippen LogP contribution in [0.1, 0.15) is 25.4 Å². The molecule has 4 aromatic rings. The van der Waals surface area contributed by atoms with Crippen LogP contribution in [0.4, 0.5) is 4.39 Å². The van der Waals surface area contributed by atoms with E-state index in [1.165, 1.54) is 18.2 Å². The summed E-state index contributed by atoms with van der Waals surface area (Å²) in [4.78, 5) is 8.70. The Kier molecular flexibility index (Phi) is 3.45. The van der Waals surface area contributed by atoms with E-state index in [4.69, 9.17) is 9.26 Å². The molecule has 9 heteroatoms. The minimum atomic E-state index is -0.727. The van der Waals surface area contributed by atoms with E-state index in [-0.39, 0.29) is 11.4 Å². The molecule has 0 aliphatic heterocycles. The van der Waals surface area contributed by atoms with Crippen LogP contribution in [-0.4, -0.2) is 26.6 Å². The average molecular weight is 357 g/mol. The Labute approximate surface area is 147 Å². The molecule has 0 fully saturated rings. The standard InChI is InChI=1S/C17H16FN5O3/c1-9-14-13(15-20-16(21-26-15)17(2,3)25-4)19-8-22(14)11-6-5-10(18)7-12(11)23(9)24/h5-8H,1-4H3. The molecular formula is C17H16FN5O3. The van der Waals surface area contributed by atoms with Gasteiger partial charge in [0.15, 0.2) is 5.69 Å². The van der Waals surface area contributed by atoms with Crippen LogP contribution in [0.15, 0.2) is 29.0 Å². The maximum atomic E-state index is 13.5. The lowest BCUT2D eigenvalue weighted by molar-refractivity contribution is -0.583. The Balaban J connectivity index is 1.99. The van der Waals surface area contributed by atoms with Crippen molar-refractivity contribution in [3.8, 4) is 11.6 Å². The van der Waals surface area contributed by atoms with Crippen LogP contribution in [0.3, 0.4) is 0 Å². The predicted octanol–water partition coefficient (Wildman–Crippen LogP) is 2.50. The Morgan fingerprint density at radius 1 is 1.35 bits per heavy atom. The Morgan fingerprint density at radius 3 is 2.85 bits per heavy atom. The van der Waals surface area contributed by atoms with Gasteiger partial charge in [-0.15, -0.1) is 0 Å². The molecule has 4 rings (SSSR count). The maximum Gasteiger partial charge on any atom is 0.279 e. The number of ether oxygens (including phenoxy) is 1. The molecule has 134 valence electrons. The third-order valence-electron chi connectivity index (χ3n) is 4.51. The van der Waals surface area contributed by atoms with E-state index in [2.05, 4.69) is 15.1 Å². The molecule has 3 aromatic heterocycles. The summed E-state index contributed by atoms with van der Waals surface area (Å²) >= 11 is 0. The molecule has 1 aromatic carbocycles. The fourth-order valence-electron chi connectivity index (χ4n) is 2.83. The molecule has 0 N–H and O–H groups in total. The van der Waals surface area contributed by atoms with Crippen LogP contribution >= 0.6 is 0 Å². The SMILES string of the molecule is COC(C)(C)c1noc(-c2ncn3c2c(C)[n+]([O-])c2cc(F)ccc23)n1. The molecule has 0 unspecified atom stereocenters. The van der Waals surface area contributed by atoms with E-state index in [1.54, 1.807) is 24.8 Å². The van der Waals surface area contributed by atoms with Gasteiger partial charge in [0.25, 0.3) is 5.89 Å². The number of hydrogen-bond donors (Lipinski definition) is 0. The summed E-state index contributed by atoms with van der Waals surface area (Å²) < 4.78 is 26.6. The first-order chi connectivity index (χ1) is 12.3. The second-order valence-electron chi connectivity index (χ2n) is 6.46. The monoisotopic (exact) mass is 357 g/mol. The highest BCUT2D eigenvalue weighted by molar-refractivity contribution is 5.82. The summed E-state index contributed by atoms with van der Waals surface area (Å²) in [5, 5.41) is 16.6. The molecule has 0 aliphatic carbocycles. The summed E-state index contributed by atoms with van der Waals surface area (Å²) in [6, 6.07) is 4.02. The van der Waals surface area contributed by atoms with Crippen LogP contribution in [0, 0.1) is 17.9 Å².